The van der Waals surface area contributed by atoms with Gasteiger partial charge >= 0.3 is 7.12 Å². The second-order valence-corrected chi connectivity index (χ2v) is 7.22. The number of halogens is 1. The van der Waals surface area contributed by atoms with Crippen molar-refractivity contribution in [3.8, 4) is 0 Å². The Labute approximate surface area is 142 Å². The highest BCUT2D eigenvalue weighted by molar-refractivity contribution is 6.48. The summed E-state index contributed by atoms with van der Waals surface area (Å²) in [7, 11) is -0.510. The Morgan fingerprint density at radius 3 is 2.50 bits per heavy atom. The summed E-state index contributed by atoms with van der Waals surface area (Å²) in [6, 6.07) is 2.64. The number of hydrogen-bond acceptors (Lipinski definition) is 4. The van der Waals surface area contributed by atoms with E-state index < -0.39 is 24.1 Å². The Hall–Kier alpha value is -1.73. The molecule has 0 aromatic carbocycles. The fourth-order valence-corrected chi connectivity index (χ4v) is 2.87. The van der Waals surface area contributed by atoms with Crippen LogP contribution in [0.2, 0.25) is 0 Å². The highest BCUT2D eigenvalue weighted by Crippen LogP contribution is 2.39. The van der Waals surface area contributed by atoms with Gasteiger partial charge in [0.05, 0.1) is 23.3 Å². The summed E-state index contributed by atoms with van der Waals surface area (Å²) in [6.45, 7) is 8.39. The molecule has 1 aromatic heterocycles. The summed E-state index contributed by atoms with van der Waals surface area (Å²) in [6.07, 6.45) is 5.65. The van der Waals surface area contributed by atoms with Crippen LogP contribution in [0.4, 0.5) is 4.39 Å². The second-order valence-electron chi connectivity index (χ2n) is 7.22. The van der Waals surface area contributed by atoms with Crippen molar-refractivity contribution in [2.24, 2.45) is 0 Å². The summed E-state index contributed by atoms with van der Waals surface area (Å²) in [5.74, 6) is -0.956. The van der Waals surface area contributed by atoms with E-state index in [1.165, 1.54) is 12.1 Å². The zero-order valence-electron chi connectivity index (χ0n) is 14.5. The van der Waals surface area contributed by atoms with Gasteiger partial charge in [-0.05, 0) is 46.2 Å². The number of hydrogen-bond donors (Lipinski definition) is 0. The van der Waals surface area contributed by atoms with Crippen LogP contribution in [-0.2, 0) is 9.31 Å². The molecule has 2 aliphatic heterocycles. The zero-order valence-corrected chi connectivity index (χ0v) is 14.5. The summed E-state index contributed by atoms with van der Waals surface area (Å²) in [5.41, 5.74) is -0.697. The van der Waals surface area contributed by atoms with Gasteiger partial charge in [0.25, 0.3) is 5.91 Å². The topological polar surface area (TPSA) is 51.7 Å². The minimum Gasteiger partial charge on any atom is -0.402 e. The lowest BCUT2D eigenvalue weighted by molar-refractivity contribution is 0.00578. The molecule has 1 fully saturated rings. The first kappa shape index (κ1) is 17.1. The molecule has 0 bridgehead atoms. The van der Waals surface area contributed by atoms with Crippen LogP contribution < -0.4 is 0 Å². The molecule has 1 saturated heterocycles. The summed E-state index contributed by atoms with van der Waals surface area (Å²) in [4.78, 5) is 18.4. The van der Waals surface area contributed by atoms with Crippen molar-refractivity contribution in [2.75, 3.05) is 6.54 Å². The van der Waals surface area contributed by atoms with Gasteiger partial charge in [-0.1, -0.05) is 12.2 Å². The van der Waals surface area contributed by atoms with Gasteiger partial charge in [-0.2, -0.15) is 0 Å². The Bertz CT molecular complexity index is 644. The maximum atomic E-state index is 13.0. The molecule has 1 unspecified atom stereocenters. The highest BCUT2D eigenvalue weighted by Gasteiger charge is 2.55. The third kappa shape index (κ3) is 2.98. The van der Waals surface area contributed by atoms with E-state index in [1.807, 2.05) is 39.8 Å². The summed E-state index contributed by atoms with van der Waals surface area (Å²) < 4.78 is 25.3. The van der Waals surface area contributed by atoms with E-state index in [1.54, 1.807) is 4.90 Å². The van der Waals surface area contributed by atoms with Crippen molar-refractivity contribution in [1.29, 1.82) is 0 Å². The fraction of sp³-hybridized carbons (Fsp3) is 0.529. The predicted octanol–water partition coefficient (Wildman–Crippen LogP) is 2.62. The molecular weight excluding hydrogens is 310 g/mol. The number of rotatable bonds is 2. The minimum absolute atomic E-state index is 0.216. The summed E-state index contributed by atoms with van der Waals surface area (Å²) in [5, 5.41) is 0. The van der Waals surface area contributed by atoms with Gasteiger partial charge in [-0.15, -0.1) is 0 Å². The smallest absolute Gasteiger partial charge is 0.402 e. The van der Waals surface area contributed by atoms with E-state index in [0.717, 1.165) is 6.20 Å². The number of nitrogens with zero attached hydrogens (tertiary/aromatic N) is 2. The lowest BCUT2D eigenvalue weighted by Gasteiger charge is -2.33. The van der Waals surface area contributed by atoms with Gasteiger partial charge in [0, 0.05) is 6.54 Å². The normalized spacial score (nSPS) is 25.1. The van der Waals surface area contributed by atoms with Crippen LogP contribution in [0.1, 0.15) is 44.6 Å². The van der Waals surface area contributed by atoms with Crippen LogP contribution in [0.3, 0.4) is 0 Å². The standard InChI is InChI=1S/C17H22BFN2O3/c1-16(2)17(3,4)24-18(23-16)14-7-5-6-10-21(14)15(22)13-9-8-12(19)11-20-13/h5-6,8-9,11,14H,7,10H2,1-4H3. The SMILES string of the molecule is CC1(C)OB(C2CC=CCN2C(=O)c2ccc(F)cn2)OC1(C)C. The Morgan fingerprint density at radius 2 is 1.92 bits per heavy atom. The van der Waals surface area contributed by atoms with Gasteiger partial charge in [-0.25, -0.2) is 9.37 Å². The third-order valence-corrected chi connectivity index (χ3v) is 5.04. The van der Waals surface area contributed by atoms with Gasteiger partial charge in [0.1, 0.15) is 11.5 Å². The van der Waals surface area contributed by atoms with Crippen LogP contribution in [-0.4, -0.2) is 46.6 Å². The lowest BCUT2D eigenvalue weighted by atomic mass is 9.74. The molecule has 1 aromatic rings. The van der Waals surface area contributed by atoms with E-state index in [0.29, 0.717) is 13.0 Å². The largest absolute Gasteiger partial charge is 0.482 e. The van der Waals surface area contributed by atoms with Crippen molar-refractivity contribution in [3.63, 3.8) is 0 Å². The van der Waals surface area contributed by atoms with E-state index in [2.05, 4.69) is 4.98 Å². The molecule has 7 heteroatoms. The van der Waals surface area contributed by atoms with Crippen LogP contribution >= 0.6 is 0 Å². The van der Waals surface area contributed by atoms with Crippen molar-refractivity contribution in [1.82, 2.24) is 9.88 Å². The maximum absolute atomic E-state index is 13.0. The van der Waals surface area contributed by atoms with E-state index in [-0.39, 0.29) is 17.5 Å². The number of pyridine rings is 1. The molecule has 128 valence electrons. The molecule has 24 heavy (non-hydrogen) atoms. The van der Waals surface area contributed by atoms with Crippen LogP contribution in [0.15, 0.2) is 30.5 Å². The van der Waals surface area contributed by atoms with Crippen molar-refractivity contribution < 1.29 is 18.5 Å². The molecular formula is C17H22BFN2O3. The van der Waals surface area contributed by atoms with E-state index in [9.17, 15) is 9.18 Å². The first-order valence-electron chi connectivity index (χ1n) is 8.14. The van der Waals surface area contributed by atoms with Gasteiger partial charge in [0.15, 0.2) is 0 Å². The Morgan fingerprint density at radius 1 is 1.25 bits per heavy atom. The van der Waals surface area contributed by atoms with Crippen molar-refractivity contribution >= 4 is 13.0 Å². The van der Waals surface area contributed by atoms with E-state index in [4.69, 9.17) is 9.31 Å². The first-order chi connectivity index (χ1) is 11.2. The third-order valence-electron chi connectivity index (χ3n) is 5.04. The van der Waals surface area contributed by atoms with Crippen LogP contribution in [0.25, 0.3) is 0 Å². The predicted molar refractivity (Wildman–Crippen MR) is 88.9 cm³/mol. The van der Waals surface area contributed by atoms with Crippen molar-refractivity contribution in [2.45, 2.75) is 51.3 Å². The van der Waals surface area contributed by atoms with Gasteiger partial charge in [0.2, 0.25) is 0 Å². The van der Waals surface area contributed by atoms with Crippen LogP contribution in [0.5, 0.6) is 0 Å². The minimum atomic E-state index is -0.510. The molecule has 0 spiro atoms. The molecule has 0 saturated carbocycles. The molecule has 3 rings (SSSR count). The van der Waals surface area contributed by atoms with Crippen molar-refractivity contribution in [3.05, 3.63) is 42.0 Å². The zero-order chi connectivity index (χ0) is 17.5. The number of carbonyl (C=O) groups is 1. The maximum Gasteiger partial charge on any atom is 0.482 e. The molecule has 0 aliphatic carbocycles. The quantitative estimate of drug-likeness (QED) is 0.617. The van der Waals surface area contributed by atoms with Gasteiger partial charge in [-0.3, -0.25) is 4.79 Å². The second kappa shape index (κ2) is 5.97. The highest BCUT2D eigenvalue weighted by atomic mass is 19.1. The average molecular weight is 332 g/mol. The first-order valence-corrected chi connectivity index (χ1v) is 8.14. The van der Waals surface area contributed by atoms with Gasteiger partial charge < -0.3 is 14.2 Å². The number of amides is 1. The Kier molecular flexibility index (Phi) is 4.26. The monoisotopic (exact) mass is 332 g/mol. The molecule has 0 N–H and O–H groups in total. The Balaban J connectivity index is 1.83. The molecule has 1 atom stereocenters. The van der Waals surface area contributed by atoms with E-state index >= 15 is 0 Å². The lowest BCUT2D eigenvalue weighted by Crippen LogP contribution is -2.52. The summed E-state index contributed by atoms with van der Waals surface area (Å²) >= 11 is 0. The molecule has 2 aliphatic rings. The molecule has 1 amide bonds. The number of aromatic nitrogens is 1. The molecule has 5 nitrogen and oxygen atoms in total. The molecule has 3 heterocycles. The van der Waals surface area contributed by atoms with Crippen LogP contribution in [0, 0.1) is 5.82 Å². The fourth-order valence-electron chi connectivity index (χ4n) is 2.87. The average Bonchev–Trinajstić information content (AvgIpc) is 2.75. The molecule has 0 radical (unpaired) electrons. The number of carbonyl (C=O) groups excluding carboxylic acids is 1.